The summed E-state index contributed by atoms with van der Waals surface area (Å²) in [5.41, 5.74) is 3.95. The smallest absolute Gasteiger partial charge is 0.224 e. The summed E-state index contributed by atoms with van der Waals surface area (Å²) in [5, 5.41) is 3.16. The van der Waals surface area contributed by atoms with E-state index in [4.69, 9.17) is 9.72 Å². The highest BCUT2D eigenvalue weighted by Gasteiger charge is 2.24. The van der Waals surface area contributed by atoms with Gasteiger partial charge in [0.25, 0.3) is 0 Å². The highest BCUT2D eigenvalue weighted by molar-refractivity contribution is 5.79. The molecular formula is C23H24N4O2. The van der Waals surface area contributed by atoms with Crippen molar-refractivity contribution in [2.24, 2.45) is 0 Å². The van der Waals surface area contributed by atoms with Crippen LogP contribution < -0.4 is 10.1 Å². The molecule has 2 aromatic heterocycles. The van der Waals surface area contributed by atoms with Crippen LogP contribution in [0.1, 0.15) is 42.6 Å². The third-order valence-corrected chi connectivity index (χ3v) is 5.05. The Bertz CT molecular complexity index is 974. The standard InChI is InChI=1S/C23H24N4O2/c1-2-29-18-8-6-16(7-9-18)14-22(28)26-20-4-3-5-21-19(20)15-25-23(27-21)17-10-12-24-13-11-17/h6-13,15,20H,2-5,14H2,1H3,(H,26,28)/t20-/m1/s1. The van der Waals surface area contributed by atoms with Gasteiger partial charge in [-0.15, -0.1) is 0 Å². The summed E-state index contributed by atoms with van der Waals surface area (Å²) in [6.45, 7) is 2.58. The summed E-state index contributed by atoms with van der Waals surface area (Å²) in [6.07, 6.45) is 8.48. The molecule has 0 saturated heterocycles. The van der Waals surface area contributed by atoms with Crippen molar-refractivity contribution in [3.8, 4) is 17.1 Å². The first-order valence-corrected chi connectivity index (χ1v) is 10.00. The van der Waals surface area contributed by atoms with Crippen molar-refractivity contribution >= 4 is 5.91 Å². The van der Waals surface area contributed by atoms with Crippen molar-refractivity contribution in [1.29, 1.82) is 0 Å². The number of amides is 1. The number of benzene rings is 1. The fourth-order valence-electron chi connectivity index (χ4n) is 3.64. The van der Waals surface area contributed by atoms with Gasteiger partial charge in [-0.25, -0.2) is 9.97 Å². The predicted octanol–water partition coefficient (Wildman–Crippen LogP) is 3.67. The maximum Gasteiger partial charge on any atom is 0.224 e. The number of fused-ring (bicyclic) bond motifs is 1. The first-order chi connectivity index (χ1) is 14.2. The van der Waals surface area contributed by atoms with Crippen molar-refractivity contribution in [3.05, 3.63) is 71.8 Å². The largest absolute Gasteiger partial charge is 0.494 e. The maximum atomic E-state index is 12.6. The SMILES string of the molecule is CCOc1ccc(CC(=O)N[C@@H]2CCCc3nc(-c4ccncc4)ncc32)cc1. The van der Waals surface area contributed by atoms with Crippen molar-refractivity contribution < 1.29 is 9.53 Å². The summed E-state index contributed by atoms with van der Waals surface area (Å²) in [6, 6.07) is 11.4. The Morgan fingerprint density at radius 3 is 2.72 bits per heavy atom. The highest BCUT2D eigenvalue weighted by Crippen LogP contribution is 2.29. The molecule has 0 unspecified atom stereocenters. The van der Waals surface area contributed by atoms with Crippen LogP contribution in [0.5, 0.6) is 5.75 Å². The average Bonchev–Trinajstić information content (AvgIpc) is 2.76. The summed E-state index contributed by atoms with van der Waals surface area (Å²) >= 11 is 0. The summed E-state index contributed by atoms with van der Waals surface area (Å²) < 4.78 is 5.45. The Labute approximate surface area is 170 Å². The topological polar surface area (TPSA) is 77.0 Å². The molecule has 6 heteroatoms. The van der Waals surface area contributed by atoms with Crippen LogP contribution >= 0.6 is 0 Å². The van der Waals surface area contributed by atoms with Gasteiger partial charge in [-0.1, -0.05) is 12.1 Å². The van der Waals surface area contributed by atoms with E-state index in [2.05, 4.69) is 15.3 Å². The molecule has 0 saturated carbocycles. The lowest BCUT2D eigenvalue weighted by Gasteiger charge is -2.25. The number of rotatable bonds is 6. The quantitative estimate of drug-likeness (QED) is 0.697. The summed E-state index contributed by atoms with van der Waals surface area (Å²) in [4.78, 5) is 25.9. The van der Waals surface area contributed by atoms with Crippen LogP contribution in [-0.4, -0.2) is 27.5 Å². The van der Waals surface area contributed by atoms with E-state index in [0.717, 1.165) is 47.4 Å². The molecule has 0 spiro atoms. The van der Waals surface area contributed by atoms with Gasteiger partial charge < -0.3 is 10.1 Å². The first kappa shape index (κ1) is 19.1. The Balaban J connectivity index is 1.44. The Hall–Kier alpha value is -3.28. The van der Waals surface area contributed by atoms with Gasteiger partial charge in [0.1, 0.15) is 5.75 Å². The molecule has 0 radical (unpaired) electrons. The molecule has 0 bridgehead atoms. The zero-order valence-corrected chi connectivity index (χ0v) is 16.5. The molecule has 1 amide bonds. The Morgan fingerprint density at radius 2 is 1.97 bits per heavy atom. The van der Waals surface area contributed by atoms with Crippen LogP contribution in [0.15, 0.2) is 55.0 Å². The van der Waals surface area contributed by atoms with Gasteiger partial charge in [-0.05, 0) is 56.0 Å². The lowest BCUT2D eigenvalue weighted by atomic mass is 9.92. The fraction of sp³-hybridized carbons (Fsp3) is 0.304. The number of aryl methyl sites for hydroxylation is 1. The third-order valence-electron chi connectivity index (χ3n) is 5.05. The van der Waals surface area contributed by atoms with E-state index in [-0.39, 0.29) is 11.9 Å². The molecule has 0 fully saturated rings. The minimum atomic E-state index is -0.0413. The second-order valence-corrected chi connectivity index (χ2v) is 7.10. The number of carbonyl (C=O) groups is 1. The van der Waals surface area contributed by atoms with Gasteiger partial charge in [-0.2, -0.15) is 0 Å². The summed E-state index contributed by atoms with van der Waals surface area (Å²) in [7, 11) is 0. The molecule has 1 aromatic carbocycles. The van der Waals surface area contributed by atoms with Gasteiger partial charge in [0.05, 0.1) is 19.1 Å². The maximum absolute atomic E-state index is 12.6. The molecule has 1 aliphatic carbocycles. The number of aromatic nitrogens is 3. The number of ether oxygens (including phenoxy) is 1. The third kappa shape index (κ3) is 4.59. The minimum Gasteiger partial charge on any atom is -0.494 e. The minimum absolute atomic E-state index is 0.00483. The van der Waals surface area contributed by atoms with E-state index >= 15 is 0 Å². The normalized spacial score (nSPS) is 15.4. The van der Waals surface area contributed by atoms with Crippen LogP contribution in [0.25, 0.3) is 11.4 Å². The molecule has 1 aliphatic rings. The number of hydrogen-bond acceptors (Lipinski definition) is 5. The van der Waals surface area contributed by atoms with E-state index in [1.54, 1.807) is 12.4 Å². The number of nitrogens with zero attached hydrogens (tertiary/aromatic N) is 3. The van der Waals surface area contributed by atoms with Crippen molar-refractivity contribution in [2.45, 2.75) is 38.6 Å². The number of pyridine rings is 1. The number of hydrogen-bond donors (Lipinski definition) is 1. The van der Waals surface area contributed by atoms with E-state index < -0.39 is 0 Å². The monoisotopic (exact) mass is 388 g/mol. The molecule has 6 nitrogen and oxygen atoms in total. The van der Waals surface area contributed by atoms with Crippen LogP contribution in [-0.2, 0) is 17.6 Å². The van der Waals surface area contributed by atoms with E-state index in [0.29, 0.717) is 18.9 Å². The molecule has 1 N–H and O–H groups in total. The Morgan fingerprint density at radius 1 is 1.17 bits per heavy atom. The van der Waals surface area contributed by atoms with Crippen molar-refractivity contribution in [2.75, 3.05) is 6.61 Å². The van der Waals surface area contributed by atoms with Gasteiger partial charge in [-0.3, -0.25) is 9.78 Å². The van der Waals surface area contributed by atoms with Crippen molar-refractivity contribution in [1.82, 2.24) is 20.3 Å². The average molecular weight is 388 g/mol. The van der Waals surface area contributed by atoms with Gasteiger partial charge in [0.2, 0.25) is 5.91 Å². The molecule has 2 heterocycles. The Kier molecular flexibility index (Phi) is 5.79. The van der Waals surface area contributed by atoms with Crippen LogP contribution in [0.3, 0.4) is 0 Å². The fourth-order valence-corrected chi connectivity index (χ4v) is 3.64. The number of nitrogens with one attached hydrogen (secondary N) is 1. The summed E-state index contributed by atoms with van der Waals surface area (Å²) in [5.74, 6) is 1.53. The molecule has 148 valence electrons. The zero-order valence-electron chi connectivity index (χ0n) is 16.5. The second kappa shape index (κ2) is 8.82. The van der Waals surface area contributed by atoms with Crippen LogP contribution in [0, 0.1) is 0 Å². The van der Waals surface area contributed by atoms with Crippen LogP contribution in [0.2, 0.25) is 0 Å². The molecule has 0 aliphatic heterocycles. The molecular weight excluding hydrogens is 364 g/mol. The lowest BCUT2D eigenvalue weighted by molar-refractivity contribution is -0.121. The van der Waals surface area contributed by atoms with E-state index in [9.17, 15) is 4.79 Å². The highest BCUT2D eigenvalue weighted by atomic mass is 16.5. The zero-order chi connectivity index (χ0) is 20.1. The predicted molar refractivity (Wildman–Crippen MR) is 110 cm³/mol. The lowest BCUT2D eigenvalue weighted by Crippen LogP contribution is -2.32. The number of carbonyl (C=O) groups excluding carboxylic acids is 1. The second-order valence-electron chi connectivity index (χ2n) is 7.10. The molecule has 1 atom stereocenters. The molecule has 29 heavy (non-hydrogen) atoms. The first-order valence-electron chi connectivity index (χ1n) is 10.00. The van der Waals surface area contributed by atoms with E-state index in [1.165, 1.54) is 0 Å². The molecule has 4 rings (SSSR count). The van der Waals surface area contributed by atoms with Crippen molar-refractivity contribution in [3.63, 3.8) is 0 Å². The molecule has 3 aromatic rings. The van der Waals surface area contributed by atoms with Gasteiger partial charge >= 0.3 is 0 Å². The van der Waals surface area contributed by atoms with Gasteiger partial charge in [0.15, 0.2) is 5.82 Å². The van der Waals surface area contributed by atoms with E-state index in [1.807, 2.05) is 49.5 Å². The van der Waals surface area contributed by atoms with Crippen LogP contribution in [0.4, 0.5) is 0 Å². The van der Waals surface area contributed by atoms with Gasteiger partial charge in [0, 0.05) is 35.4 Å².